The van der Waals surface area contributed by atoms with Crippen LogP contribution in [0.5, 0.6) is 0 Å². The zero-order chi connectivity index (χ0) is 12.3. The SMILES string of the molecule is Cc1cccc(CC(O)c2cccnc2N)c1. The lowest BCUT2D eigenvalue weighted by Crippen LogP contribution is -2.06. The van der Waals surface area contributed by atoms with Crippen LogP contribution in [0.25, 0.3) is 0 Å². The van der Waals surface area contributed by atoms with E-state index >= 15 is 0 Å². The maximum Gasteiger partial charge on any atom is 0.129 e. The maximum atomic E-state index is 10.1. The molecule has 0 radical (unpaired) electrons. The van der Waals surface area contributed by atoms with Crippen LogP contribution in [-0.2, 0) is 6.42 Å². The van der Waals surface area contributed by atoms with Crippen LogP contribution >= 0.6 is 0 Å². The molecule has 2 rings (SSSR count). The summed E-state index contributed by atoms with van der Waals surface area (Å²) in [5.41, 5.74) is 8.71. The Morgan fingerprint density at radius 3 is 2.82 bits per heavy atom. The van der Waals surface area contributed by atoms with Gasteiger partial charge in [-0.3, -0.25) is 0 Å². The fourth-order valence-corrected chi connectivity index (χ4v) is 1.88. The third-order valence-corrected chi connectivity index (χ3v) is 2.74. The predicted octanol–water partition coefficient (Wildman–Crippen LogP) is 2.25. The Morgan fingerprint density at radius 1 is 1.29 bits per heavy atom. The lowest BCUT2D eigenvalue weighted by Gasteiger charge is -2.12. The first-order valence-electron chi connectivity index (χ1n) is 5.61. The van der Waals surface area contributed by atoms with E-state index in [2.05, 4.69) is 11.1 Å². The number of hydrogen-bond acceptors (Lipinski definition) is 3. The number of aliphatic hydroxyl groups excluding tert-OH is 1. The summed E-state index contributed by atoms with van der Waals surface area (Å²) >= 11 is 0. The molecule has 0 spiro atoms. The molecule has 0 saturated carbocycles. The highest BCUT2D eigenvalue weighted by Crippen LogP contribution is 2.22. The zero-order valence-electron chi connectivity index (χ0n) is 9.80. The Kier molecular flexibility index (Phi) is 3.40. The number of nitrogens with two attached hydrogens (primary N) is 1. The van der Waals surface area contributed by atoms with Gasteiger partial charge in [0.05, 0.1) is 6.10 Å². The van der Waals surface area contributed by atoms with Gasteiger partial charge < -0.3 is 10.8 Å². The number of benzene rings is 1. The van der Waals surface area contributed by atoms with Gasteiger partial charge in [0.1, 0.15) is 5.82 Å². The fourth-order valence-electron chi connectivity index (χ4n) is 1.88. The minimum Gasteiger partial charge on any atom is -0.388 e. The summed E-state index contributed by atoms with van der Waals surface area (Å²) in [4.78, 5) is 3.98. The summed E-state index contributed by atoms with van der Waals surface area (Å²) in [5.74, 6) is 0.396. The minimum absolute atomic E-state index is 0.396. The van der Waals surface area contributed by atoms with E-state index in [9.17, 15) is 5.11 Å². The summed E-state index contributed by atoms with van der Waals surface area (Å²) in [6.45, 7) is 2.04. The van der Waals surface area contributed by atoms with Gasteiger partial charge in [0.2, 0.25) is 0 Å². The van der Waals surface area contributed by atoms with Crippen LogP contribution < -0.4 is 5.73 Å². The molecule has 0 aliphatic rings. The van der Waals surface area contributed by atoms with Crippen molar-refractivity contribution >= 4 is 5.82 Å². The highest BCUT2D eigenvalue weighted by Gasteiger charge is 2.12. The Morgan fingerprint density at radius 2 is 2.12 bits per heavy atom. The van der Waals surface area contributed by atoms with Crippen LogP contribution in [0.1, 0.15) is 22.8 Å². The molecule has 3 heteroatoms. The Hall–Kier alpha value is -1.87. The molecule has 88 valence electrons. The first-order valence-corrected chi connectivity index (χ1v) is 5.61. The van der Waals surface area contributed by atoms with Gasteiger partial charge in [-0.15, -0.1) is 0 Å². The van der Waals surface area contributed by atoms with Crippen molar-refractivity contribution in [1.82, 2.24) is 4.98 Å². The van der Waals surface area contributed by atoms with E-state index < -0.39 is 6.10 Å². The number of hydrogen-bond donors (Lipinski definition) is 2. The molecule has 1 aromatic carbocycles. The average Bonchev–Trinajstić information content (AvgIpc) is 2.29. The van der Waals surface area contributed by atoms with E-state index in [1.165, 1.54) is 5.56 Å². The summed E-state index contributed by atoms with van der Waals surface area (Å²) in [6.07, 6.45) is 1.57. The molecule has 1 atom stereocenters. The average molecular weight is 228 g/mol. The Balaban J connectivity index is 2.17. The Bertz CT molecular complexity index is 511. The molecule has 0 amide bonds. The summed E-state index contributed by atoms with van der Waals surface area (Å²) in [6, 6.07) is 11.7. The van der Waals surface area contributed by atoms with Gasteiger partial charge in [0.25, 0.3) is 0 Å². The smallest absolute Gasteiger partial charge is 0.129 e. The third kappa shape index (κ3) is 2.82. The van der Waals surface area contributed by atoms with Crippen LogP contribution in [0.4, 0.5) is 5.82 Å². The number of anilines is 1. The molecule has 0 saturated heterocycles. The second kappa shape index (κ2) is 4.97. The molecule has 1 aromatic heterocycles. The zero-order valence-corrected chi connectivity index (χ0v) is 9.80. The van der Waals surface area contributed by atoms with E-state index in [0.29, 0.717) is 17.8 Å². The highest BCUT2D eigenvalue weighted by atomic mass is 16.3. The number of aromatic nitrogens is 1. The lowest BCUT2D eigenvalue weighted by molar-refractivity contribution is 0.179. The molecule has 0 aliphatic carbocycles. The molecule has 2 aromatic rings. The maximum absolute atomic E-state index is 10.1. The second-order valence-electron chi connectivity index (χ2n) is 4.19. The summed E-state index contributed by atoms with van der Waals surface area (Å²) < 4.78 is 0. The number of nitrogen functional groups attached to an aromatic ring is 1. The molecule has 1 heterocycles. The standard InChI is InChI=1S/C14H16N2O/c1-10-4-2-5-11(8-10)9-13(17)12-6-3-7-16-14(12)15/h2-8,13,17H,9H2,1H3,(H2,15,16). The molecule has 17 heavy (non-hydrogen) atoms. The van der Waals surface area contributed by atoms with Crippen LogP contribution in [-0.4, -0.2) is 10.1 Å². The quantitative estimate of drug-likeness (QED) is 0.847. The van der Waals surface area contributed by atoms with Gasteiger partial charge in [0.15, 0.2) is 0 Å². The van der Waals surface area contributed by atoms with E-state index in [-0.39, 0.29) is 0 Å². The van der Waals surface area contributed by atoms with Crippen molar-refractivity contribution < 1.29 is 5.11 Å². The fraction of sp³-hybridized carbons (Fsp3) is 0.214. The molecule has 0 aliphatic heterocycles. The predicted molar refractivity (Wildman–Crippen MR) is 68.5 cm³/mol. The normalized spacial score (nSPS) is 12.4. The van der Waals surface area contributed by atoms with Gasteiger partial charge in [-0.1, -0.05) is 35.9 Å². The van der Waals surface area contributed by atoms with E-state index in [0.717, 1.165) is 5.56 Å². The van der Waals surface area contributed by atoms with Crippen molar-refractivity contribution in [1.29, 1.82) is 0 Å². The molecule has 0 fully saturated rings. The monoisotopic (exact) mass is 228 g/mol. The summed E-state index contributed by atoms with van der Waals surface area (Å²) in [5, 5.41) is 10.1. The van der Waals surface area contributed by atoms with E-state index in [1.807, 2.05) is 31.2 Å². The number of aryl methyl sites for hydroxylation is 1. The van der Waals surface area contributed by atoms with Crippen molar-refractivity contribution in [3.05, 3.63) is 59.3 Å². The van der Waals surface area contributed by atoms with Crippen molar-refractivity contribution in [2.75, 3.05) is 5.73 Å². The summed E-state index contributed by atoms with van der Waals surface area (Å²) in [7, 11) is 0. The highest BCUT2D eigenvalue weighted by molar-refractivity contribution is 5.40. The third-order valence-electron chi connectivity index (χ3n) is 2.74. The van der Waals surface area contributed by atoms with Crippen LogP contribution in [0.15, 0.2) is 42.6 Å². The first kappa shape index (κ1) is 11.6. The van der Waals surface area contributed by atoms with Crippen LogP contribution in [0.3, 0.4) is 0 Å². The number of nitrogens with zero attached hydrogens (tertiary/aromatic N) is 1. The van der Waals surface area contributed by atoms with Crippen LogP contribution in [0.2, 0.25) is 0 Å². The Labute approximate surface area is 101 Å². The number of rotatable bonds is 3. The molecule has 1 unspecified atom stereocenters. The minimum atomic E-state index is -0.606. The van der Waals surface area contributed by atoms with Gasteiger partial charge in [-0.2, -0.15) is 0 Å². The van der Waals surface area contributed by atoms with E-state index in [4.69, 9.17) is 5.73 Å². The van der Waals surface area contributed by atoms with Crippen molar-refractivity contribution in [3.8, 4) is 0 Å². The molecule has 3 N–H and O–H groups in total. The molecular weight excluding hydrogens is 212 g/mol. The van der Waals surface area contributed by atoms with Crippen molar-refractivity contribution in [3.63, 3.8) is 0 Å². The van der Waals surface area contributed by atoms with Crippen LogP contribution in [0, 0.1) is 6.92 Å². The van der Waals surface area contributed by atoms with Gasteiger partial charge in [0, 0.05) is 18.2 Å². The largest absolute Gasteiger partial charge is 0.388 e. The second-order valence-corrected chi connectivity index (χ2v) is 4.19. The van der Waals surface area contributed by atoms with Crippen molar-refractivity contribution in [2.24, 2.45) is 0 Å². The van der Waals surface area contributed by atoms with Gasteiger partial charge >= 0.3 is 0 Å². The van der Waals surface area contributed by atoms with E-state index in [1.54, 1.807) is 12.3 Å². The number of aliphatic hydroxyl groups is 1. The first-order chi connectivity index (χ1) is 8.16. The van der Waals surface area contributed by atoms with Crippen molar-refractivity contribution in [2.45, 2.75) is 19.4 Å². The lowest BCUT2D eigenvalue weighted by atomic mass is 10.0. The van der Waals surface area contributed by atoms with Gasteiger partial charge in [-0.25, -0.2) is 4.98 Å². The molecule has 3 nitrogen and oxygen atoms in total. The number of pyridine rings is 1. The van der Waals surface area contributed by atoms with Gasteiger partial charge in [-0.05, 0) is 18.6 Å². The molecule has 0 bridgehead atoms. The molecular formula is C14H16N2O. The topological polar surface area (TPSA) is 59.1 Å².